The van der Waals surface area contributed by atoms with Crippen LogP contribution in [0.1, 0.15) is 6.42 Å². The van der Waals surface area contributed by atoms with Gasteiger partial charge in [-0.05, 0) is 36.4 Å². The molecule has 0 fully saturated rings. The van der Waals surface area contributed by atoms with E-state index in [1.54, 1.807) is 42.5 Å². The molecule has 0 unspecified atom stereocenters. The molecule has 0 atom stereocenters. The molecule has 2 aromatic rings. The van der Waals surface area contributed by atoms with Crippen molar-refractivity contribution in [3.8, 4) is 5.75 Å². The number of benzene rings is 2. The van der Waals surface area contributed by atoms with Crippen molar-refractivity contribution in [2.45, 2.75) is 6.42 Å². The van der Waals surface area contributed by atoms with E-state index in [1.165, 1.54) is 12.1 Å². The Morgan fingerprint density at radius 1 is 1.04 bits per heavy atom. The molecule has 0 radical (unpaired) electrons. The molecule has 7 heteroatoms. The minimum atomic E-state index is -0.465. The van der Waals surface area contributed by atoms with Crippen molar-refractivity contribution in [3.63, 3.8) is 0 Å². The van der Waals surface area contributed by atoms with Gasteiger partial charge in [0.1, 0.15) is 0 Å². The van der Waals surface area contributed by atoms with Crippen LogP contribution in [0.5, 0.6) is 5.75 Å². The largest absolute Gasteiger partial charge is 0.490 e. The predicted molar refractivity (Wildman–Crippen MR) is 98.8 cm³/mol. The van der Waals surface area contributed by atoms with E-state index in [9.17, 15) is 14.0 Å². The van der Waals surface area contributed by atoms with Gasteiger partial charge in [0.15, 0.2) is 11.6 Å². The summed E-state index contributed by atoms with van der Waals surface area (Å²) >= 11 is 0. The van der Waals surface area contributed by atoms with E-state index in [4.69, 9.17) is 4.74 Å². The first-order valence-electron chi connectivity index (χ1n) is 8.01. The van der Waals surface area contributed by atoms with Crippen LogP contribution >= 0.6 is 0 Å². The van der Waals surface area contributed by atoms with Crippen molar-refractivity contribution in [3.05, 3.63) is 67.0 Å². The van der Waals surface area contributed by atoms with Crippen LogP contribution in [0.4, 0.5) is 20.6 Å². The molecular formula is C19H20FN3O3. The second-order valence-corrected chi connectivity index (χ2v) is 5.28. The van der Waals surface area contributed by atoms with Crippen molar-refractivity contribution >= 4 is 23.3 Å². The van der Waals surface area contributed by atoms with E-state index in [2.05, 4.69) is 22.5 Å². The number of hydrogen-bond acceptors (Lipinski definition) is 3. The summed E-state index contributed by atoms with van der Waals surface area (Å²) in [4.78, 5) is 23.4. The topological polar surface area (TPSA) is 79.5 Å². The fraction of sp³-hybridized carbons (Fsp3) is 0.158. The number of ether oxygens (including phenoxy) is 1. The van der Waals surface area contributed by atoms with Gasteiger partial charge in [-0.3, -0.25) is 4.79 Å². The zero-order valence-corrected chi connectivity index (χ0v) is 14.1. The Morgan fingerprint density at radius 3 is 2.35 bits per heavy atom. The highest BCUT2D eigenvalue weighted by Gasteiger charge is 2.06. The molecule has 3 amide bonds. The van der Waals surface area contributed by atoms with E-state index >= 15 is 0 Å². The van der Waals surface area contributed by atoms with Gasteiger partial charge in [-0.15, -0.1) is 6.58 Å². The van der Waals surface area contributed by atoms with Crippen LogP contribution in [0.2, 0.25) is 0 Å². The van der Waals surface area contributed by atoms with Crippen LogP contribution in [-0.2, 0) is 4.79 Å². The van der Waals surface area contributed by atoms with Gasteiger partial charge in [0.05, 0.1) is 13.0 Å². The Balaban J connectivity index is 1.75. The van der Waals surface area contributed by atoms with Gasteiger partial charge < -0.3 is 20.7 Å². The van der Waals surface area contributed by atoms with Crippen molar-refractivity contribution in [2.75, 3.05) is 23.8 Å². The highest BCUT2D eigenvalue weighted by Crippen LogP contribution is 2.16. The minimum absolute atomic E-state index is 0.0654. The lowest BCUT2D eigenvalue weighted by Gasteiger charge is -2.09. The summed E-state index contributed by atoms with van der Waals surface area (Å²) in [5.41, 5.74) is 1.17. The lowest BCUT2D eigenvalue weighted by atomic mass is 10.2. The molecule has 0 bridgehead atoms. The number of carbonyl (C=O) groups is 2. The average Bonchev–Trinajstić information content (AvgIpc) is 2.63. The molecule has 2 rings (SSSR count). The standard InChI is InChI=1S/C19H20FN3O3/c1-2-12-21-19(25)23-15-9-7-14(8-10-15)22-18(24)11-13-26-17-6-4-3-5-16(17)20/h2-10H,1,11-13H2,(H,22,24)(H2,21,23,25). The number of amides is 3. The molecule has 0 aliphatic rings. The van der Waals surface area contributed by atoms with E-state index in [0.29, 0.717) is 17.9 Å². The number of rotatable bonds is 8. The summed E-state index contributed by atoms with van der Waals surface area (Å²) in [6.45, 7) is 3.95. The minimum Gasteiger partial charge on any atom is -0.490 e. The van der Waals surface area contributed by atoms with Crippen molar-refractivity contribution in [1.82, 2.24) is 5.32 Å². The maximum atomic E-state index is 13.4. The maximum absolute atomic E-state index is 13.4. The first-order chi connectivity index (χ1) is 12.6. The number of para-hydroxylation sites is 1. The van der Waals surface area contributed by atoms with Gasteiger partial charge in [-0.1, -0.05) is 18.2 Å². The van der Waals surface area contributed by atoms with Gasteiger partial charge in [-0.25, -0.2) is 9.18 Å². The van der Waals surface area contributed by atoms with E-state index < -0.39 is 5.82 Å². The van der Waals surface area contributed by atoms with Gasteiger partial charge in [0.2, 0.25) is 5.91 Å². The molecule has 0 spiro atoms. The first kappa shape index (κ1) is 19.0. The molecule has 136 valence electrons. The third-order valence-electron chi connectivity index (χ3n) is 3.26. The quantitative estimate of drug-likeness (QED) is 0.632. The number of halogens is 1. The fourth-order valence-corrected chi connectivity index (χ4v) is 2.02. The lowest BCUT2D eigenvalue weighted by molar-refractivity contribution is -0.116. The van der Waals surface area contributed by atoms with Gasteiger partial charge in [0.25, 0.3) is 0 Å². The molecule has 0 saturated carbocycles. The first-order valence-corrected chi connectivity index (χ1v) is 8.01. The number of urea groups is 1. The Bertz CT molecular complexity index is 763. The maximum Gasteiger partial charge on any atom is 0.319 e. The van der Waals surface area contributed by atoms with Gasteiger partial charge >= 0.3 is 6.03 Å². The number of anilines is 2. The highest BCUT2D eigenvalue weighted by molar-refractivity contribution is 5.92. The molecule has 2 aromatic carbocycles. The molecule has 0 aliphatic carbocycles. The van der Waals surface area contributed by atoms with E-state index in [-0.39, 0.29) is 30.7 Å². The summed E-state index contributed by atoms with van der Waals surface area (Å²) in [5, 5.41) is 7.94. The zero-order chi connectivity index (χ0) is 18.8. The molecular weight excluding hydrogens is 337 g/mol. The normalized spacial score (nSPS) is 9.88. The molecule has 6 nitrogen and oxygen atoms in total. The number of nitrogens with one attached hydrogen (secondary N) is 3. The average molecular weight is 357 g/mol. The van der Waals surface area contributed by atoms with Crippen LogP contribution in [-0.4, -0.2) is 25.1 Å². The van der Waals surface area contributed by atoms with Crippen LogP contribution < -0.4 is 20.7 Å². The van der Waals surface area contributed by atoms with E-state index in [1.807, 2.05) is 0 Å². The Hall–Kier alpha value is -3.35. The van der Waals surface area contributed by atoms with Crippen LogP contribution in [0.25, 0.3) is 0 Å². The van der Waals surface area contributed by atoms with Crippen molar-refractivity contribution in [2.24, 2.45) is 0 Å². The van der Waals surface area contributed by atoms with Crippen LogP contribution in [0, 0.1) is 5.82 Å². The second kappa shape index (κ2) is 9.83. The Kier molecular flexibility index (Phi) is 7.17. The number of hydrogen-bond donors (Lipinski definition) is 3. The Morgan fingerprint density at radius 2 is 1.69 bits per heavy atom. The summed E-state index contributed by atoms with van der Waals surface area (Å²) < 4.78 is 18.6. The molecule has 0 saturated heterocycles. The molecule has 3 N–H and O–H groups in total. The predicted octanol–water partition coefficient (Wildman–Crippen LogP) is 3.54. The third-order valence-corrected chi connectivity index (χ3v) is 3.26. The summed E-state index contributed by atoms with van der Waals surface area (Å²) in [6, 6.07) is 12.3. The van der Waals surface area contributed by atoms with Crippen LogP contribution in [0.15, 0.2) is 61.2 Å². The van der Waals surface area contributed by atoms with Crippen LogP contribution in [0.3, 0.4) is 0 Å². The Labute approximate surface area is 151 Å². The number of carbonyl (C=O) groups excluding carboxylic acids is 2. The van der Waals surface area contributed by atoms with Crippen molar-refractivity contribution in [1.29, 1.82) is 0 Å². The third kappa shape index (κ3) is 6.27. The monoisotopic (exact) mass is 357 g/mol. The zero-order valence-electron chi connectivity index (χ0n) is 14.1. The summed E-state index contributed by atoms with van der Waals surface area (Å²) in [5.74, 6) is -0.607. The molecule has 0 aromatic heterocycles. The highest BCUT2D eigenvalue weighted by atomic mass is 19.1. The summed E-state index contributed by atoms with van der Waals surface area (Å²) in [7, 11) is 0. The molecule has 0 aliphatic heterocycles. The molecule has 0 heterocycles. The SMILES string of the molecule is C=CCNC(=O)Nc1ccc(NC(=O)CCOc2ccccc2F)cc1. The summed E-state index contributed by atoms with van der Waals surface area (Å²) in [6.07, 6.45) is 1.66. The van der Waals surface area contributed by atoms with Gasteiger partial charge in [-0.2, -0.15) is 0 Å². The van der Waals surface area contributed by atoms with Gasteiger partial charge in [0, 0.05) is 17.9 Å². The fourth-order valence-electron chi connectivity index (χ4n) is 2.02. The van der Waals surface area contributed by atoms with E-state index in [0.717, 1.165) is 0 Å². The lowest BCUT2D eigenvalue weighted by Crippen LogP contribution is -2.28. The van der Waals surface area contributed by atoms with Crippen molar-refractivity contribution < 1.29 is 18.7 Å². The second-order valence-electron chi connectivity index (χ2n) is 5.28. The smallest absolute Gasteiger partial charge is 0.319 e. The molecule has 26 heavy (non-hydrogen) atoms.